The zero-order chi connectivity index (χ0) is 37.5. The van der Waals surface area contributed by atoms with Crippen molar-refractivity contribution in [3.8, 4) is 51.0 Å². The number of para-hydroxylation sites is 2. The molecule has 12 rings (SSSR count). The van der Waals surface area contributed by atoms with Crippen LogP contribution in [0.4, 0.5) is 0 Å². The first-order chi connectivity index (χ1) is 28.2. The number of hydrogen-bond donors (Lipinski definition) is 0. The molecule has 6 heteroatoms. The van der Waals surface area contributed by atoms with Crippen molar-refractivity contribution in [3.05, 3.63) is 182 Å². The fourth-order valence-corrected chi connectivity index (χ4v) is 8.47. The summed E-state index contributed by atoms with van der Waals surface area (Å²) in [6.45, 7) is 0. The molecule has 0 aliphatic carbocycles. The standard InChI is InChI=1S/C51H30N4O2/c1-3-13-31(14-4-1)33-17-11-18-35(29-33)55-41-22-9-7-19-36(41)39-27-28-44-47(48(39)55)46-40(21-12-24-43(46)57-44)51-53-49(32-15-5-2-6-16-32)52-50(54-51)34-25-26-38-37-20-8-10-23-42(37)56-45(38)30-34/h1-30H. The molecule has 6 nitrogen and oxygen atoms in total. The maximum Gasteiger partial charge on any atom is 0.164 e. The van der Waals surface area contributed by atoms with Crippen molar-refractivity contribution < 1.29 is 8.83 Å². The van der Waals surface area contributed by atoms with Gasteiger partial charge in [0.25, 0.3) is 0 Å². The van der Waals surface area contributed by atoms with Crippen molar-refractivity contribution in [2.24, 2.45) is 0 Å². The molecule has 0 amide bonds. The van der Waals surface area contributed by atoms with Gasteiger partial charge in [0.2, 0.25) is 0 Å². The molecule has 57 heavy (non-hydrogen) atoms. The highest BCUT2D eigenvalue weighted by Gasteiger charge is 2.23. The molecule has 0 fully saturated rings. The molecule has 0 saturated carbocycles. The maximum absolute atomic E-state index is 6.71. The lowest BCUT2D eigenvalue weighted by atomic mass is 10.0. The first kappa shape index (κ1) is 31.5. The van der Waals surface area contributed by atoms with Gasteiger partial charge in [-0.05, 0) is 65.7 Å². The average molecular weight is 731 g/mol. The molecule has 0 spiro atoms. The van der Waals surface area contributed by atoms with E-state index in [4.69, 9.17) is 23.8 Å². The highest BCUT2D eigenvalue weighted by atomic mass is 16.3. The zero-order valence-corrected chi connectivity index (χ0v) is 30.4. The van der Waals surface area contributed by atoms with E-state index < -0.39 is 0 Å². The van der Waals surface area contributed by atoms with Crippen LogP contribution in [0.5, 0.6) is 0 Å². The maximum atomic E-state index is 6.71. The Kier molecular flexibility index (Phi) is 6.83. The summed E-state index contributed by atoms with van der Waals surface area (Å²) in [4.78, 5) is 15.5. The van der Waals surface area contributed by atoms with Crippen molar-refractivity contribution in [1.29, 1.82) is 0 Å². The number of fused-ring (bicyclic) bond motifs is 10. The lowest BCUT2D eigenvalue weighted by molar-refractivity contribution is 0.669. The first-order valence-corrected chi connectivity index (χ1v) is 19.0. The summed E-state index contributed by atoms with van der Waals surface area (Å²) < 4.78 is 15.4. The van der Waals surface area contributed by atoms with Crippen LogP contribution in [0.3, 0.4) is 0 Å². The van der Waals surface area contributed by atoms with Gasteiger partial charge >= 0.3 is 0 Å². The Morgan fingerprint density at radius 2 is 0.965 bits per heavy atom. The molecule has 8 aromatic carbocycles. The summed E-state index contributed by atoms with van der Waals surface area (Å²) in [6, 6.07) is 62.7. The Labute approximate surface area is 325 Å². The molecule has 0 bridgehead atoms. The van der Waals surface area contributed by atoms with E-state index in [2.05, 4.69) is 120 Å². The highest BCUT2D eigenvalue weighted by Crippen LogP contribution is 2.44. The molecule has 12 aromatic rings. The number of nitrogens with zero attached hydrogens (tertiary/aromatic N) is 4. The summed E-state index contributed by atoms with van der Waals surface area (Å²) in [5, 5.41) is 6.39. The Morgan fingerprint density at radius 3 is 1.82 bits per heavy atom. The number of rotatable bonds is 5. The molecule has 0 aliphatic rings. The zero-order valence-electron chi connectivity index (χ0n) is 30.4. The molecule has 0 unspecified atom stereocenters. The van der Waals surface area contributed by atoms with Gasteiger partial charge in [-0.15, -0.1) is 0 Å². The third kappa shape index (κ3) is 4.94. The number of aromatic nitrogens is 4. The van der Waals surface area contributed by atoms with Crippen molar-refractivity contribution in [3.63, 3.8) is 0 Å². The van der Waals surface area contributed by atoms with E-state index in [1.807, 2.05) is 66.7 Å². The lowest BCUT2D eigenvalue weighted by Gasteiger charge is -2.12. The van der Waals surface area contributed by atoms with Crippen molar-refractivity contribution in [1.82, 2.24) is 19.5 Å². The second-order valence-electron chi connectivity index (χ2n) is 14.4. The van der Waals surface area contributed by atoms with E-state index in [1.165, 1.54) is 10.9 Å². The van der Waals surface area contributed by atoms with Gasteiger partial charge in [0.15, 0.2) is 17.5 Å². The molecule has 4 aromatic heterocycles. The largest absolute Gasteiger partial charge is 0.456 e. The van der Waals surface area contributed by atoms with Gasteiger partial charge in [-0.2, -0.15) is 0 Å². The van der Waals surface area contributed by atoms with Crippen LogP contribution >= 0.6 is 0 Å². The molecule has 0 radical (unpaired) electrons. The van der Waals surface area contributed by atoms with Crippen LogP contribution in [0.1, 0.15) is 0 Å². The summed E-state index contributed by atoms with van der Waals surface area (Å²) >= 11 is 0. The highest BCUT2D eigenvalue weighted by molar-refractivity contribution is 6.26. The van der Waals surface area contributed by atoms with Crippen LogP contribution in [-0.4, -0.2) is 19.5 Å². The SMILES string of the molecule is c1ccc(-c2cccc(-n3c4ccccc4c4ccc5oc6cccc(-c7nc(-c8ccccc8)nc(-c8ccc9c(c8)oc8ccccc89)n7)c6c5c43)c2)cc1. The van der Waals surface area contributed by atoms with Crippen molar-refractivity contribution >= 4 is 65.7 Å². The molecule has 0 aliphatic heterocycles. The molecule has 0 atom stereocenters. The van der Waals surface area contributed by atoms with Gasteiger partial charge < -0.3 is 13.4 Å². The summed E-state index contributed by atoms with van der Waals surface area (Å²) in [7, 11) is 0. The van der Waals surface area contributed by atoms with E-state index in [0.717, 1.165) is 88.2 Å². The number of benzene rings is 8. The number of hydrogen-bond acceptors (Lipinski definition) is 5. The topological polar surface area (TPSA) is 69.9 Å². The van der Waals surface area contributed by atoms with Gasteiger partial charge in [0.1, 0.15) is 22.3 Å². The fourth-order valence-electron chi connectivity index (χ4n) is 8.47. The van der Waals surface area contributed by atoms with Gasteiger partial charge in [-0.3, -0.25) is 0 Å². The molecule has 4 heterocycles. The average Bonchev–Trinajstić information content (AvgIpc) is 3.96. The molecule has 0 saturated heterocycles. The van der Waals surface area contributed by atoms with E-state index >= 15 is 0 Å². The molecule has 266 valence electrons. The smallest absolute Gasteiger partial charge is 0.164 e. The van der Waals surface area contributed by atoms with E-state index in [-0.39, 0.29) is 0 Å². The second kappa shape index (κ2) is 12.3. The van der Waals surface area contributed by atoms with Crippen LogP contribution < -0.4 is 0 Å². The van der Waals surface area contributed by atoms with Crippen LogP contribution in [0, 0.1) is 0 Å². The number of furan rings is 2. The minimum atomic E-state index is 0.558. The van der Waals surface area contributed by atoms with Gasteiger partial charge in [-0.1, -0.05) is 127 Å². The monoisotopic (exact) mass is 730 g/mol. The molecule has 0 N–H and O–H groups in total. The van der Waals surface area contributed by atoms with E-state index in [0.29, 0.717) is 17.5 Å². The third-order valence-electron chi connectivity index (χ3n) is 11.1. The molecular formula is C51H30N4O2. The Hall–Kier alpha value is -7.83. The van der Waals surface area contributed by atoms with Crippen LogP contribution in [0.15, 0.2) is 191 Å². The first-order valence-electron chi connectivity index (χ1n) is 19.0. The predicted molar refractivity (Wildman–Crippen MR) is 230 cm³/mol. The normalized spacial score (nSPS) is 11.9. The lowest BCUT2D eigenvalue weighted by Crippen LogP contribution is -2.00. The minimum Gasteiger partial charge on any atom is -0.456 e. The van der Waals surface area contributed by atoms with E-state index in [9.17, 15) is 0 Å². The summed E-state index contributed by atoms with van der Waals surface area (Å²) in [6.07, 6.45) is 0. The summed E-state index contributed by atoms with van der Waals surface area (Å²) in [5.74, 6) is 1.70. The Bertz CT molecular complexity index is 3530. The fraction of sp³-hybridized carbons (Fsp3) is 0. The van der Waals surface area contributed by atoms with Gasteiger partial charge in [0.05, 0.1) is 16.4 Å². The Morgan fingerprint density at radius 1 is 0.351 bits per heavy atom. The van der Waals surface area contributed by atoms with Crippen LogP contribution in [-0.2, 0) is 0 Å². The van der Waals surface area contributed by atoms with Crippen molar-refractivity contribution in [2.45, 2.75) is 0 Å². The van der Waals surface area contributed by atoms with Crippen LogP contribution in [0.2, 0.25) is 0 Å². The second-order valence-corrected chi connectivity index (χ2v) is 14.4. The third-order valence-corrected chi connectivity index (χ3v) is 11.1. The Balaban J connectivity index is 1.14. The quantitative estimate of drug-likeness (QED) is 0.176. The minimum absolute atomic E-state index is 0.558. The summed E-state index contributed by atoms with van der Waals surface area (Å²) in [5.41, 5.74) is 11.4. The predicted octanol–water partition coefficient (Wildman–Crippen LogP) is 13.4. The van der Waals surface area contributed by atoms with Crippen molar-refractivity contribution in [2.75, 3.05) is 0 Å². The van der Waals surface area contributed by atoms with E-state index in [1.54, 1.807) is 0 Å². The van der Waals surface area contributed by atoms with Gasteiger partial charge in [-0.25, -0.2) is 15.0 Å². The van der Waals surface area contributed by atoms with Crippen LogP contribution in [0.25, 0.3) is 117 Å². The van der Waals surface area contributed by atoms with Gasteiger partial charge in [0, 0.05) is 49.3 Å². The molecular weight excluding hydrogens is 701 g/mol.